The van der Waals surface area contributed by atoms with Crippen LogP contribution in [0.25, 0.3) is 10.9 Å². The highest BCUT2D eigenvalue weighted by molar-refractivity contribution is 5.86. The van der Waals surface area contributed by atoms with Crippen molar-refractivity contribution in [3.8, 4) is 0 Å². The molecule has 3 aromatic rings. The number of anilines is 2. The lowest BCUT2D eigenvalue weighted by atomic mass is 9.97. The highest BCUT2D eigenvalue weighted by atomic mass is 15.3. The molecule has 0 atom stereocenters. The second-order valence-corrected chi connectivity index (χ2v) is 6.72. The van der Waals surface area contributed by atoms with Gasteiger partial charge < -0.3 is 5.32 Å². The maximum absolute atomic E-state index is 4.66. The molecule has 2 heterocycles. The summed E-state index contributed by atoms with van der Waals surface area (Å²) in [7, 11) is 0. The molecule has 0 bridgehead atoms. The third kappa shape index (κ3) is 2.40. The van der Waals surface area contributed by atoms with Crippen LogP contribution in [0.15, 0.2) is 18.2 Å². The molecule has 0 saturated carbocycles. The molecule has 0 fully saturated rings. The number of benzene rings is 1. The van der Waals surface area contributed by atoms with Gasteiger partial charge in [0, 0.05) is 28.4 Å². The minimum atomic E-state index is 0.347. The Bertz CT molecular complexity index is 856. The molecule has 4 rings (SSSR count). The van der Waals surface area contributed by atoms with Gasteiger partial charge in [0.25, 0.3) is 0 Å². The molecule has 120 valence electrons. The van der Waals surface area contributed by atoms with Gasteiger partial charge in [-0.2, -0.15) is 10.2 Å². The predicted molar refractivity (Wildman–Crippen MR) is 93.4 cm³/mol. The summed E-state index contributed by atoms with van der Waals surface area (Å²) < 4.78 is 2.09. The van der Waals surface area contributed by atoms with Crippen molar-refractivity contribution < 1.29 is 0 Å². The Morgan fingerprint density at radius 3 is 2.87 bits per heavy atom. The quantitative estimate of drug-likeness (QED) is 0.759. The number of aryl methyl sites for hydroxylation is 2. The minimum Gasteiger partial charge on any atom is -0.338 e. The highest BCUT2D eigenvalue weighted by Gasteiger charge is 2.17. The van der Waals surface area contributed by atoms with Crippen LogP contribution in [0.4, 0.5) is 11.5 Å². The summed E-state index contributed by atoms with van der Waals surface area (Å²) in [5.74, 6) is 0.978. The Hall–Kier alpha value is -2.30. The second kappa shape index (κ2) is 5.41. The number of rotatable bonds is 3. The first-order chi connectivity index (χ1) is 11.1. The molecular formula is C18H23N5. The summed E-state index contributed by atoms with van der Waals surface area (Å²) in [5, 5.41) is 17.0. The third-order valence-electron chi connectivity index (χ3n) is 4.70. The minimum absolute atomic E-state index is 0.347. The van der Waals surface area contributed by atoms with Crippen molar-refractivity contribution in [3.05, 3.63) is 35.2 Å². The Morgan fingerprint density at radius 1 is 1.22 bits per heavy atom. The van der Waals surface area contributed by atoms with E-state index in [1.165, 1.54) is 35.0 Å². The lowest BCUT2D eigenvalue weighted by Crippen LogP contribution is -2.04. The van der Waals surface area contributed by atoms with Crippen molar-refractivity contribution >= 4 is 22.4 Å². The zero-order valence-electron chi connectivity index (χ0n) is 14.0. The highest BCUT2D eigenvalue weighted by Crippen LogP contribution is 2.30. The first kappa shape index (κ1) is 14.3. The SMILES string of the molecule is Cc1nn(C(C)C)c2cc(Nc3n[nH]c4c3CCCC4)ccc12. The summed E-state index contributed by atoms with van der Waals surface area (Å²) in [6.45, 7) is 6.39. The first-order valence-electron chi connectivity index (χ1n) is 8.45. The van der Waals surface area contributed by atoms with Crippen LogP contribution < -0.4 is 5.32 Å². The van der Waals surface area contributed by atoms with Crippen LogP contribution in [0.5, 0.6) is 0 Å². The van der Waals surface area contributed by atoms with Crippen LogP contribution in [-0.2, 0) is 12.8 Å². The average Bonchev–Trinajstić information content (AvgIpc) is 3.10. The lowest BCUT2D eigenvalue weighted by molar-refractivity contribution is 0.547. The van der Waals surface area contributed by atoms with E-state index in [9.17, 15) is 0 Å². The molecular weight excluding hydrogens is 286 g/mol. The van der Waals surface area contributed by atoms with Crippen molar-refractivity contribution in [1.82, 2.24) is 20.0 Å². The lowest BCUT2D eigenvalue weighted by Gasteiger charge is -2.12. The molecule has 0 radical (unpaired) electrons. The van der Waals surface area contributed by atoms with Crippen LogP contribution in [0.3, 0.4) is 0 Å². The molecule has 5 heteroatoms. The van der Waals surface area contributed by atoms with Gasteiger partial charge in [0.2, 0.25) is 0 Å². The molecule has 1 aromatic carbocycles. The molecule has 0 saturated heterocycles. The van der Waals surface area contributed by atoms with Crippen LogP contribution in [-0.4, -0.2) is 20.0 Å². The van der Waals surface area contributed by atoms with Gasteiger partial charge in [0.1, 0.15) is 0 Å². The van der Waals surface area contributed by atoms with E-state index in [1.54, 1.807) is 0 Å². The average molecular weight is 309 g/mol. The second-order valence-electron chi connectivity index (χ2n) is 6.72. The molecule has 0 amide bonds. The fraction of sp³-hybridized carbons (Fsp3) is 0.444. The number of aromatic nitrogens is 4. The molecule has 2 N–H and O–H groups in total. The Morgan fingerprint density at radius 2 is 2.04 bits per heavy atom. The van der Waals surface area contributed by atoms with E-state index in [1.807, 2.05) is 0 Å². The molecule has 23 heavy (non-hydrogen) atoms. The molecule has 0 unspecified atom stereocenters. The zero-order valence-corrected chi connectivity index (χ0v) is 14.0. The van der Waals surface area contributed by atoms with E-state index in [-0.39, 0.29) is 0 Å². The van der Waals surface area contributed by atoms with E-state index >= 15 is 0 Å². The number of aromatic amines is 1. The maximum atomic E-state index is 4.66. The molecule has 0 aliphatic heterocycles. The van der Waals surface area contributed by atoms with E-state index in [2.05, 4.69) is 64.3 Å². The van der Waals surface area contributed by atoms with Crippen LogP contribution in [0.2, 0.25) is 0 Å². The van der Waals surface area contributed by atoms with Crippen molar-refractivity contribution in [3.63, 3.8) is 0 Å². The largest absolute Gasteiger partial charge is 0.338 e. The molecule has 5 nitrogen and oxygen atoms in total. The van der Waals surface area contributed by atoms with Gasteiger partial charge in [-0.1, -0.05) is 0 Å². The predicted octanol–water partition coefficient (Wildman–Crippen LogP) is 4.27. The summed E-state index contributed by atoms with van der Waals surface area (Å²) in [5.41, 5.74) is 5.97. The number of H-pyrrole nitrogens is 1. The van der Waals surface area contributed by atoms with Crippen LogP contribution in [0.1, 0.15) is 49.7 Å². The van der Waals surface area contributed by atoms with Gasteiger partial charge in [-0.15, -0.1) is 0 Å². The smallest absolute Gasteiger partial charge is 0.155 e. The van der Waals surface area contributed by atoms with Crippen molar-refractivity contribution in [2.45, 2.75) is 52.5 Å². The maximum Gasteiger partial charge on any atom is 0.155 e. The third-order valence-corrected chi connectivity index (χ3v) is 4.70. The molecule has 0 spiro atoms. The van der Waals surface area contributed by atoms with E-state index in [0.29, 0.717) is 6.04 Å². The monoisotopic (exact) mass is 309 g/mol. The topological polar surface area (TPSA) is 58.5 Å². The Kier molecular flexibility index (Phi) is 3.36. The van der Waals surface area contributed by atoms with Crippen molar-refractivity contribution in [1.29, 1.82) is 0 Å². The summed E-state index contributed by atoms with van der Waals surface area (Å²) in [4.78, 5) is 0. The van der Waals surface area contributed by atoms with Gasteiger partial charge in [-0.25, -0.2) is 0 Å². The van der Waals surface area contributed by atoms with Crippen LogP contribution >= 0.6 is 0 Å². The van der Waals surface area contributed by atoms with Gasteiger partial charge in [-0.05, 0) is 64.7 Å². The van der Waals surface area contributed by atoms with Crippen molar-refractivity contribution in [2.24, 2.45) is 0 Å². The van der Waals surface area contributed by atoms with Crippen LogP contribution in [0, 0.1) is 6.92 Å². The fourth-order valence-electron chi connectivity index (χ4n) is 3.49. The van der Waals surface area contributed by atoms with Crippen molar-refractivity contribution in [2.75, 3.05) is 5.32 Å². The van der Waals surface area contributed by atoms with E-state index in [4.69, 9.17) is 0 Å². The summed E-state index contributed by atoms with van der Waals surface area (Å²) in [6, 6.07) is 6.79. The zero-order chi connectivity index (χ0) is 16.0. The fourth-order valence-corrected chi connectivity index (χ4v) is 3.49. The number of hydrogen-bond donors (Lipinski definition) is 2. The number of nitrogens with one attached hydrogen (secondary N) is 2. The standard InChI is InChI=1S/C18H23N5/c1-11(2)23-17-10-13(8-9-14(17)12(3)22-23)19-18-15-6-4-5-7-16(15)20-21-18/h8-11H,4-7H2,1-3H3,(H2,19,20,21). The first-order valence-corrected chi connectivity index (χ1v) is 8.45. The summed E-state index contributed by atoms with van der Waals surface area (Å²) in [6.07, 6.45) is 4.73. The molecule has 2 aromatic heterocycles. The van der Waals surface area contributed by atoms with Gasteiger partial charge in [-0.3, -0.25) is 9.78 Å². The van der Waals surface area contributed by atoms with Gasteiger partial charge in [0.15, 0.2) is 5.82 Å². The molecule has 1 aliphatic carbocycles. The van der Waals surface area contributed by atoms with Gasteiger partial charge >= 0.3 is 0 Å². The number of fused-ring (bicyclic) bond motifs is 2. The number of hydrogen-bond acceptors (Lipinski definition) is 3. The Labute approximate surface area is 136 Å². The van der Waals surface area contributed by atoms with Gasteiger partial charge in [0.05, 0.1) is 11.2 Å². The summed E-state index contributed by atoms with van der Waals surface area (Å²) >= 11 is 0. The van der Waals surface area contributed by atoms with E-state index in [0.717, 1.165) is 30.0 Å². The number of nitrogens with zero attached hydrogens (tertiary/aromatic N) is 3. The Balaban J connectivity index is 1.72. The normalized spacial score (nSPS) is 14.4. The van der Waals surface area contributed by atoms with E-state index < -0.39 is 0 Å². The molecule has 1 aliphatic rings.